The minimum Gasteiger partial charge on any atom is -0.471 e. The van der Waals surface area contributed by atoms with Gasteiger partial charge in [0.05, 0.1) is 11.6 Å². The van der Waals surface area contributed by atoms with Crippen LogP contribution in [0.25, 0.3) is 10.9 Å². The summed E-state index contributed by atoms with van der Waals surface area (Å²) in [6.45, 7) is 8.50. The lowest BCUT2D eigenvalue weighted by Gasteiger charge is -2.16. The quantitative estimate of drug-likeness (QED) is 0.286. The van der Waals surface area contributed by atoms with Crippen LogP contribution in [0.1, 0.15) is 55.4 Å². The molecule has 3 heterocycles. The number of hydrogen-bond acceptors (Lipinski definition) is 5. The number of hydrogen-bond donors (Lipinski definition) is 0. The largest absolute Gasteiger partial charge is 0.471 e. The fourth-order valence-corrected chi connectivity index (χ4v) is 3.11. The van der Waals surface area contributed by atoms with Crippen LogP contribution in [-0.2, 0) is 0 Å². The second-order valence-electron chi connectivity index (χ2n) is 7.77. The first kappa shape index (κ1) is 22.9. The number of Topliss-reactive ketones (excluding diaryl/α,β-unsaturated/α-hetero) is 1. The first-order chi connectivity index (χ1) is 14.5. The number of carbonyl (C=O) groups excluding carboxylic acids is 1. The van der Waals surface area contributed by atoms with Gasteiger partial charge in [-0.3, -0.25) is 14.5 Å². The molecule has 164 valence electrons. The maximum absolute atomic E-state index is 13.0. The zero-order chi connectivity index (χ0) is 22.9. The third-order valence-electron chi connectivity index (χ3n) is 5.09. The number of halogens is 2. The maximum atomic E-state index is 13.0. The fourth-order valence-electron chi connectivity index (χ4n) is 3.03. The first-order valence-electron chi connectivity index (χ1n) is 9.76. The molecular weight excluding hydrogens is 421 g/mol. The number of nitrogens with zero attached hydrogens (tertiary/aromatic N) is 4. The second kappa shape index (κ2) is 8.79. The fraction of sp³-hybridized carbons (Fsp3) is 0.364. The molecule has 9 heteroatoms. The van der Waals surface area contributed by atoms with Crippen LogP contribution in [-0.4, -0.2) is 37.8 Å². The van der Waals surface area contributed by atoms with Crippen LogP contribution >= 0.6 is 9.24 Å². The van der Waals surface area contributed by atoms with Crippen molar-refractivity contribution in [2.24, 2.45) is 0 Å². The van der Waals surface area contributed by atoms with E-state index >= 15 is 0 Å². The van der Waals surface area contributed by atoms with E-state index in [0.29, 0.717) is 27.7 Å². The Labute approximate surface area is 181 Å². The van der Waals surface area contributed by atoms with Crippen LogP contribution in [0.4, 0.5) is 8.78 Å². The number of fused-ring (bicyclic) bond motifs is 1. The molecule has 3 aromatic heterocycles. The third-order valence-corrected chi connectivity index (χ3v) is 5.26. The number of aromatic nitrogens is 4. The highest BCUT2D eigenvalue weighted by Gasteiger charge is 2.23. The molecule has 0 aromatic carbocycles. The van der Waals surface area contributed by atoms with Crippen molar-refractivity contribution in [3.05, 3.63) is 58.7 Å². The van der Waals surface area contributed by atoms with E-state index in [9.17, 15) is 13.6 Å². The van der Waals surface area contributed by atoms with Crippen LogP contribution in [0.2, 0.25) is 0 Å². The summed E-state index contributed by atoms with van der Waals surface area (Å²) in [7, 11) is 1.44. The Bertz CT molecular complexity index is 1160. The lowest BCUT2D eigenvalue weighted by Crippen LogP contribution is -2.18. The predicted molar refractivity (Wildman–Crippen MR) is 119 cm³/mol. The summed E-state index contributed by atoms with van der Waals surface area (Å²) in [6.07, 6.45) is 4.96. The molecule has 0 fully saturated rings. The second-order valence-corrected chi connectivity index (χ2v) is 8.62. The van der Waals surface area contributed by atoms with Crippen LogP contribution in [0.3, 0.4) is 0 Å². The Balaban J connectivity index is 1.92. The van der Waals surface area contributed by atoms with Crippen LogP contribution in [0.15, 0.2) is 41.9 Å². The van der Waals surface area contributed by atoms with Crippen LogP contribution in [0, 0.1) is 6.92 Å². The van der Waals surface area contributed by atoms with Crippen molar-refractivity contribution in [2.45, 2.75) is 46.3 Å². The number of ketones is 1. The Morgan fingerprint density at radius 3 is 2.61 bits per heavy atom. The van der Waals surface area contributed by atoms with Crippen molar-refractivity contribution in [2.75, 3.05) is 6.61 Å². The zero-order valence-electron chi connectivity index (χ0n) is 18.1. The van der Waals surface area contributed by atoms with Gasteiger partial charge in [-0.1, -0.05) is 14.8 Å². The topological polar surface area (TPSA) is 69.9 Å². The van der Waals surface area contributed by atoms with E-state index in [1.54, 1.807) is 43.2 Å². The van der Waals surface area contributed by atoms with E-state index < -0.39 is 12.3 Å². The summed E-state index contributed by atoms with van der Waals surface area (Å²) in [5.74, 6) is 0.0423. The summed E-state index contributed by atoms with van der Waals surface area (Å²) < 4.78 is 32.9. The monoisotopic (exact) mass is 446 g/mol. The molecule has 6 nitrogen and oxygen atoms in total. The number of carbonyl (C=O) groups is 1. The number of allylic oxidation sites excluding steroid dienone is 2. The SMILES string of the molecule is CC(C)=C(C)C(=O)c1nccc2nn(C(C)c3cnc(OCC(F)(F)P)c(C)c3)cc12. The molecule has 0 aliphatic carbocycles. The molecule has 31 heavy (non-hydrogen) atoms. The van der Waals surface area contributed by atoms with Gasteiger partial charge in [0.1, 0.15) is 5.69 Å². The molecular formula is C22H25F2N4O2P. The molecule has 0 aliphatic heterocycles. The summed E-state index contributed by atoms with van der Waals surface area (Å²) in [5, 5.41) is 5.28. The molecule has 0 aliphatic rings. The van der Waals surface area contributed by atoms with E-state index in [4.69, 9.17) is 4.74 Å². The Hall–Kier alpha value is -2.73. The molecule has 0 saturated carbocycles. The number of ether oxygens (including phenoxy) is 1. The van der Waals surface area contributed by atoms with E-state index in [1.165, 1.54) is 9.24 Å². The van der Waals surface area contributed by atoms with Gasteiger partial charge in [-0.2, -0.15) is 13.9 Å². The average molecular weight is 446 g/mol. The van der Waals surface area contributed by atoms with Crippen molar-refractivity contribution in [3.8, 4) is 5.88 Å². The molecule has 3 rings (SSSR count). The summed E-state index contributed by atoms with van der Waals surface area (Å²) in [4.78, 5) is 21.3. The van der Waals surface area contributed by atoms with Gasteiger partial charge in [0.25, 0.3) is 5.66 Å². The molecule has 0 N–H and O–H groups in total. The van der Waals surface area contributed by atoms with Gasteiger partial charge in [0, 0.05) is 29.5 Å². The summed E-state index contributed by atoms with van der Waals surface area (Å²) in [5.41, 5.74) is 1.09. The van der Waals surface area contributed by atoms with Gasteiger partial charge in [-0.15, -0.1) is 0 Å². The van der Waals surface area contributed by atoms with Crippen LogP contribution < -0.4 is 4.74 Å². The Kier molecular flexibility index (Phi) is 6.51. The van der Waals surface area contributed by atoms with Crippen molar-refractivity contribution in [3.63, 3.8) is 0 Å². The molecule has 0 bridgehead atoms. The van der Waals surface area contributed by atoms with Gasteiger partial charge in [-0.25, -0.2) is 4.98 Å². The van der Waals surface area contributed by atoms with Gasteiger partial charge in [0.2, 0.25) is 11.7 Å². The Morgan fingerprint density at radius 2 is 2.00 bits per heavy atom. The van der Waals surface area contributed by atoms with Crippen molar-refractivity contribution < 1.29 is 18.3 Å². The number of alkyl halides is 2. The zero-order valence-corrected chi connectivity index (χ0v) is 19.3. The highest BCUT2D eigenvalue weighted by atomic mass is 31.0. The van der Waals surface area contributed by atoms with Gasteiger partial charge >= 0.3 is 0 Å². The summed E-state index contributed by atoms with van der Waals surface area (Å²) in [6, 6.07) is 3.39. The Morgan fingerprint density at radius 1 is 1.29 bits per heavy atom. The van der Waals surface area contributed by atoms with Gasteiger partial charge in [0.15, 0.2) is 6.61 Å². The van der Waals surface area contributed by atoms with E-state index in [-0.39, 0.29) is 17.7 Å². The highest BCUT2D eigenvalue weighted by Crippen LogP contribution is 2.27. The van der Waals surface area contributed by atoms with Crippen molar-refractivity contribution in [1.82, 2.24) is 19.7 Å². The van der Waals surface area contributed by atoms with Crippen molar-refractivity contribution >= 4 is 25.9 Å². The number of pyridine rings is 2. The third kappa shape index (κ3) is 5.13. The van der Waals surface area contributed by atoms with E-state index in [2.05, 4.69) is 15.1 Å². The lowest BCUT2D eigenvalue weighted by atomic mass is 10.0. The molecule has 3 aromatic rings. The standard InChI is InChI=1S/C22H25F2N4O2P/c1-12(2)14(4)20(29)19-17-10-28(27-18(17)6-7-25-19)15(5)16-8-13(3)21(26-9-16)30-11-22(23,24)31/h6-10,15H,11,31H2,1-5H3. The van der Waals surface area contributed by atoms with E-state index in [1.807, 2.05) is 26.8 Å². The molecule has 0 amide bonds. The average Bonchev–Trinajstić information content (AvgIpc) is 3.14. The first-order valence-corrected chi connectivity index (χ1v) is 10.3. The van der Waals surface area contributed by atoms with Crippen LogP contribution in [0.5, 0.6) is 5.88 Å². The summed E-state index contributed by atoms with van der Waals surface area (Å²) >= 11 is 0. The smallest absolute Gasteiger partial charge is 0.292 e. The number of aryl methyl sites for hydroxylation is 1. The van der Waals surface area contributed by atoms with Crippen molar-refractivity contribution in [1.29, 1.82) is 0 Å². The molecule has 2 unspecified atom stereocenters. The molecule has 0 spiro atoms. The highest BCUT2D eigenvalue weighted by molar-refractivity contribution is 7.18. The normalized spacial score (nSPS) is 12.6. The predicted octanol–water partition coefficient (Wildman–Crippen LogP) is 5.13. The minimum atomic E-state index is -3.01. The number of rotatable bonds is 7. The lowest BCUT2D eigenvalue weighted by molar-refractivity contribution is 0.0439. The van der Waals surface area contributed by atoms with E-state index in [0.717, 1.165) is 11.1 Å². The minimum absolute atomic E-state index is 0.122. The van der Waals surface area contributed by atoms with Gasteiger partial charge < -0.3 is 4.74 Å². The molecule has 0 saturated heterocycles. The molecule has 2 atom stereocenters. The molecule has 0 radical (unpaired) electrons. The van der Waals surface area contributed by atoms with Gasteiger partial charge in [-0.05, 0) is 57.9 Å². The maximum Gasteiger partial charge on any atom is 0.292 e.